The molecule has 0 radical (unpaired) electrons. The van der Waals surface area contributed by atoms with Crippen LogP contribution in [0.2, 0.25) is 0 Å². The van der Waals surface area contributed by atoms with Gasteiger partial charge in [-0.05, 0) is 12.8 Å². The number of amides is 2. The largest absolute Gasteiger partial charge is 0.479 e. The summed E-state index contributed by atoms with van der Waals surface area (Å²) in [7, 11) is 1.30. The zero-order valence-corrected chi connectivity index (χ0v) is 10.7. The predicted molar refractivity (Wildman–Crippen MR) is 63.4 cm³/mol. The molecule has 0 saturated carbocycles. The zero-order valence-electron chi connectivity index (χ0n) is 10.7. The SMILES string of the molecule is COC(=O)C1CCCN(C(=O)NCC(O)C(=O)O)C1. The number of likely N-dealkylation sites (tertiary alicyclic amines) is 1. The Hall–Kier alpha value is -1.83. The molecule has 0 aliphatic carbocycles. The minimum atomic E-state index is -1.63. The molecular formula is C11H18N2O6. The van der Waals surface area contributed by atoms with E-state index in [4.69, 9.17) is 10.2 Å². The van der Waals surface area contributed by atoms with Crippen molar-refractivity contribution in [2.24, 2.45) is 5.92 Å². The maximum absolute atomic E-state index is 11.7. The highest BCUT2D eigenvalue weighted by Crippen LogP contribution is 2.17. The molecule has 108 valence electrons. The first-order valence-electron chi connectivity index (χ1n) is 5.97. The Morgan fingerprint density at radius 2 is 2.16 bits per heavy atom. The fourth-order valence-electron chi connectivity index (χ4n) is 1.90. The van der Waals surface area contributed by atoms with Gasteiger partial charge in [-0.25, -0.2) is 9.59 Å². The second kappa shape index (κ2) is 6.93. The molecule has 1 aliphatic rings. The molecule has 2 atom stereocenters. The lowest BCUT2D eigenvalue weighted by atomic mass is 9.98. The number of hydrogen-bond acceptors (Lipinski definition) is 5. The number of aliphatic hydroxyl groups excluding tert-OH is 1. The van der Waals surface area contributed by atoms with Gasteiger partial charge in [-0.15, -0.1) is 0 Å². The summed E-state index contributed by atoms with van der Waals surface area (Å²) in [6.45, 7) is 0.359. The molecule has 1 saturated heterocycles. The Labute approximate surface area is 110 Å². The first-order chi connectivity index (χ1) is 8.95. The standard InChI is InChI=1S/C11H18N2O6/c1-19-10(17)7-3-2-4-13(6-7)11(18)12-5-8(14)9(15)16/h7-8,14H,2-6H2,1H3,(H,12,18)(H,15,16). The van der Waals surface area contributed by atoms with Crippen LogP contribution in [0.1, 0.15) is 12.8 Å². The summed E-state index contributed by atoms with van der Waals surface area (Å²) >= 11 is 0. The van der Waals surface area contributed by atoms with E-state index in [-0.39, 0.29) is 25.0 Å². The highest BCUT2D eigenvalue weighted by atomic mass is 16.5. The quantitative estimate of drug-likeness (QED) is 0.568. The lowest BCUT2D eigenvalue weighted by Crippen LogP contribution is -2.49. The smallest absolute Gasteiger partial charge is 0.334 e. The lowest BCUT2D eigenvalue weighted by molar-refractivity contribution is -0.147. The minimum absolute atomic E-state index is 0.238. The van der Waals surface area contributed by atoms with E-state index >= 15 is 0 Å². The van der Waals surface area contributed by atoms with Crippen molar-refractivity contribution in [3.8, 4) is 0 Å². The van der Waals surface area contributed by atoms with Crippen molar-refractivity contribution in [1.82, 2.24) is 10.2 Å². The van der Waals surface area contributed by atoms with Gasteiger partial charge in [0.2, 0.25) is 0 Å². The highest BCUT2D eigenvalue weighted by Gasteiger charge is 2.29. The molecule has 2 amide bonds. The Morgan fingerprint density at radius 1 is 1.47 bits per heavy atom. The number of carbonyl (C=O) groups is 3. The van der Waals surface area contributed by atoms with Gasteiger partial charge in [0.05, 0.1) is 19.6 Å². The number of hydrogen-bond donors (Lipinski definition) is 3. The average Bonchev–Trinajstić information content (AvgIpc) is 2.43. The highest BCUT2D eigenvalue weighted by molar-refractivity contribution is 5.78. The molecule has 8 nitrogen and oxygen atoms in total. The minimum Gasteiger partial charge on any atom is -0.479 e. The van der Waals surface area contributed by atoms with Crippen LogP contribution in [0.4, 0.5) is 4.79 Å². The number of piperidine rings is 1. The molecular weight excluding hydrogens is 256 g/mol. The molecule has 0 aromatic heterocycles. The topological polar surface area (TPSA) is 116 Å². The molecule has 0 aromatic carbocycles. The monoisotopic (exact) mass is 274 g/mol. The molecule has 0 spiro atoms. The molecule has 1 fully saturated rings. The number of aliphatic hydroxyl groups is 1. The number of esters is 1. The van der Waals surface area contributed by atoms with E-state index < -0.39 is 18.1 Å². The Kier molecular flexibility index (Phi) is 5.56. The summed E-state index contributed by atoms with van der Waals surface area (Å²) in [6.07, 6.45) is -0.298. The summed E-state index contributed by atoms with van der Waals surface area (Å²) in [6, 6.07) is -0.492. The van der Waals surface area contributed by atoms with Crippen molar-refractivity contribution in [1.29, 1.82) is 0 Å². The van der Waals surface area contributed by atoms with Crippen LogP contribution in [0.15, 0.2) is 0 Å². The van der Waals surface area contributed by atoms with Crippen LogP contribution >= 0.6 is 0 Å². The molecule has 0 aromatic rings. The van der Waals surface area contributed by atoms with E-state index in [1.165, 1.54) is 12.0 Å². The fraction of sp³-hybridized carbons (Fsp3) is 0.727. The molecule has 3 N–H and O–H groups in total. The number of urea groups is 1. The van der Waals surface area contributed by atoms with Crippen LogP contribution < -0.4 is 5.32 Å². The molecule has 19 heavy (non-hydrogen) atoms. The van der Waals surface area contributed by atoms with Crippen molar-refractivity contribution in [3.63, 3.8) is 0 Å². The van der Waals surface area contributed by atoms with Crippen LogP contribution in [0.25, 0.3) is 0 Å². The van der Waals surface area contributed by atoms with E-state index in [0.717, 1.165) is 0 Å². The van der Waals surface area contributed by atoms with Gasteiger partial charge in [-0.2, -0.15) is 0 Å². The lowest BCUT2D eigenvalue weighted by Gasteiger charge is -2.31. The predicted octanol–water partition coefficient (Wildman–Crippen LogP) is -0.973. The van der Waals surface area contributed by atoms with Crippen LogP contribution in [0.5, 0.6) is 0 Å². The third-order valence-electron chi connectivity index (χ3n) is 2.97. The summed E-state index contributed by atoms with van der Waals surface area (Å²) in [4.78, 5) is 34.9. The Morgan fingerprint density at radius 3 is 2.74 bits per heavy atom. The average molecular weight is 274 g/mol. The van der Waals surface area contributed by atoms with Crippen LogP contribution in [-0.4, -0.2) is 65.9 Å². The van der Waals surface area contributed by atoms with E-state index in [1.54, 1.807) is 0 Å². The second-order valence-electron chi connectivity index (χ2n) is 4.35. The van der Waals surface area contributed by atoms with Gasteiger partial charge in [-0.3, -0.25) is 4.79 Å². The van der Waals surface area contributed by atoms with E-state index in [1.807, 2.05) is 0 Å². The summed E-state index contributed by atoms with van der Waals surface area (Å²) < 4.78 is 4.63. The van der Waals surface area contributed by atoms with Crippen molar-refractivity contribution < 1.29 is 29.3 Å². The van der Waals surface area contributed by atoms with Gasteiger partial charge in [-0.1, -0.05) is 0 Å². The maximum atomic E-state index is 11.7. The van der Waals surface area contributed by atoms with Gasteiger partial charge < -0.3 is 25.2 Å². The number of carbonyl (C=O) groups excluding carboxylic acids is 2. The third-order valence-corrected chi connectivity index (χ3v) is 2.97. The molecule has 1 rings (SSSR count). The third kappa shape index (κ3) is 4.40. The second-order valence-corrected chi connectivity index (χ2v) is 4.35. The van der Waals surface area contributed by atoms with Crippen molar-refractivity contribution in [3.05, 3.63) is 0 Å². The van der Waals surface area contributed by atoms with Crippen LogP contribution in [-0.2, 0) is 14.3 Å². The molecule has 1 aliphatic heterocycles. The Balaban J connectivity index is 2.44. The van der Waals surface area contributed by atoms with E-state index in [0.29, 0.717) is 19.4 Å². The number of carboxylic acids is 1. The Bertz CT molecular complexity index is 359. The van der Waals surface area contributed by atoms with Crippen molar-refractivity contribution in [2.75, 3.05) is 26.7 Å². The van der Waals surface area contributed by atoms with Crippen LogP contribution in [0.3, 0.4) is 0 Å². The summed E-state index contributed by atoms with van der Waals surface area (Å²) in [5, 5.41) is 19.8. The van der Waals surface area contributed by atoms with Gasteiger partial charge in [0.1, 0.15) is 0 Å². The van der Waals surface area contributed by atoms with Crippen molar-refractivity contribution in [2.45, 2.75) is 18.9 Å². The number of ether oxygens (including phenoxy) is 1. The van der Waals surface area contributed by atoms with Gasteiger partial charge in [0.15, 0.2) is 6.10 Å². The number of nitrogens with zero attached hydrogens (tertiary/aromatic N) is 1. The number of aliphatic carboxylic acids is 1. The van der Waals surface area contributed by atoms with E-state index in [2.05, 4.69) is 10.1 Å². The summed E-state index contributed by atoms with van der Waals surface area (Å²) in [5.41, 5.74) is 0. The van der Waals surface area contributed by atoms with Gasteiger partial charge in [0, 0.05) is 13.1 Å². The molecule has 0 bridgehead atoms. The van der Waals surface area contributed by atoms with Crippen molar-refractivity contribution >= 4 is 18.0 Å². The molecule has 1 heterocycles. The number of nitrogens with one attached hydrogen (secondary N) is 1. The fourth-order valence-corrected chi connectivity index (χ4v) is 1.90. The summed E-state index contributed by atoms with van der Waals surface area (Å²) in [5.74, 6) is -2.11. The molecule has 8 heteroatoms. The zero-order chi connectivity index (χ0) is 14.4. The van der Waals surface area contributed by atoms with Gasteiger partial charge >= 0.3 is 18.0 Å². The van der Waals surface area contributed by atoms with Gasteiger partial charge in [0.25, 0.3) is 0 Å². The molecule has 2 unspecified atom stereocenters. The number of carboxylic acid groups (broad SMARTS) is 1. The number of methoxy groups -OCH3 is 1. The van der Waals surface area contributed by atoms with E-state index in [9.17, 15) is 14.4 Å². The normalized spacial score (nSPS) is 20.5. The first kappa shape index (κ1) is 15.2. The first-order valence-corrected chi connectivity index (χ1v) is 5.97. The number of rotatable bonds is 4. The van der Waals surface area contributed by atoms with Crippen LogP contribution in [0, 0.1) is 5.92 Å². The maximum Gasteiger partial charge on any atom is 0.334 e.